The molecule has 0 spiro atoms. The van der Waals surface area contributed by atoms with Crippen molar-refractivity contribution < 1.29 is 28.1 Å². The number of ether oxygens (including phenoxy) is 4. The maximum atomic E-state index is 15.3. The molecule has 1 amide bonds. The Morgan fingerprint density at radius 2 is 1.79 bits per heavy atom. The highest BCUT2D eigenvalue weighted by Crippen LogP contribution is 2.38. The molecule has 1 saturated heterocycles. The first-order valence-electron chi connectivity index (χ1n) is 14.9. The number of morpholine rings is 1. The van der Waals surface area contributed by atoms with Crippen LogP contribution in [0.5, 0.6) is 23.0 Å². The summed E-state index contributed by atoms with van der Waals surface area (Å²) in [7, 11) is 1.55. The molecule has 1 fully saturated rings. The van der Waals surface area contributed by atoms with Crippen LogP contribution in [0.4, 0.5) is 10.1 Å². The van der Waals surface area contributed by atoms with Crippen LogP contribution in [0.15, 0.2) is 88.5 Å². The molecule has 0 aliphatic carbocycles. The fraction of sp³-hybridized carbons (Fsp3) is 0.235. The van der Waals surface area contributed by atoms with Gasteiger partial charge in [0.25, 0.3) is 11.5 Å². The number of carbonyl (C=O) groups is 1. The van der Waals surface area contributed by atoms with Crippen LogP contribution >= 0.6 is 15.9 Å². The van der Waals surface area contributed by atoms with Crippen LogP contribution in [0.2, 0.25) is 0 Å². The van der Waals surface area contributed by atoms with Gasteiger partial charge in [0.1, 0.15) is 5.75 Å². The van der Waals surface area contributed by atoms with Crippen LogP contribution in [-0.4, -0.2) is 71.9 Å². The van der Waals surface area contributed by atoms with Crippen molar-refractivity contribution in [1.82, 2.24) is 19.4 Å². The number of fused-ring (bicyclic) bond motifs is 1. The summed E-state index contributed by atoms with van der Waals surface area (Å²) in [5.41, 5.74) is 0.312. The Balaban J connectivity index is 1.14. The third kappa shape index (κ3) is 7.59. The van der Waals surface area contributed by atoms with Gasteiger partial charge < -0.3 is 24.3 Å². The predicted molar refractivity (Wildman–Crippen MR) is 178 cm³/mol. The number of hydrogen-bond acceptors (Lipinski definition) is 9. The Bertz CT molecular complexity index is 1950. The smallest absolute Gasteiger partial charge is 0.286 e. The second kappa shape index (κ2) is 14.7. The monoisotopic (exact) mass is 703 g/mol. The van der Waals surface area contributed by atoms with E-state index in [1.807, 2.05) is 0 Å². The lowest BCUT2D eigenvalue weighted by Crippen LogP contribution is -2.37. The highest BCUT2D eigenvalue weighted by Gasteiger charge is 2.18. The minimum atomic E-state index is -0.777. The summed E-state index contributed by atoms with van der Waals surface area (Å²) >= 11 is 3.36. The van der Waals surface area contributed by atoms with Gasteiger partial charge in [-0.1, -0.05) is 15.9 Å². The van der Waals surface area contributed by atoms with Gasteiger partial charge in [0, 0.05) is 71.6 Å². The molecular formula is C34H31BrFN5O6. The minimum Gasteiger partial charge on any atom is -0.493 e. The quantitative estimate of drug-likeness (QED) is 0.170. The number of halogens is 2. The first-order chi connectivity index (χ1) is 22.9. The first kappa shape index (κ1) is 32.1. The average molecular weight is 705 g/mol. The molecule has 3 heterocycles. The Morgan fingerprint density at radius 1 is 0.979 bits per heavy atom. The summed E-state index contributed by atoms with van der Waals surface area (Å²) < 4.78 is 40.4. The SMILES string of the molecule is COc1cc2c(Oc3ccc(NC(=O)c4nccn(-c5ccc(Br)cc5)c4=O)cc3F)ccnc2cc1OCCCN1CCOCC1. The van der Waals surface area contributed by atoms with E-state index in [1.54, 1.807) is 55.8 Å². The lowest BCUT2D eigenvalue weighted by atomic mass is 10.1. The van der Waals surface area contributed by atoms with Crippen LogP contribution in [0.3, 0.4) is 0 Å². The number of hydrogen-bond donors (Lipinski definition) is 1. The Kier molecular flexibility index (Phi) is 10.0. The maximum Gasteiger partial charge on any atom is 0.286 e. The van der Waals surface area contributed by atoms with E-state index < -0.39 is 17.3 Å². The molecule has 0 radical (unpaired) electrons. The van der Waals surface area contributed by atoms with Crippen LogP contribution in [0.25, 0.3) is 16.6 Å². The molecular weight excluding hydrogens is 673 g/mol. The van der Waals surface area contributed by atoms with E-state index in [4.69, 9.17) is 18.9 Å². The molecule has 3 aromatic carbocycles. The van der Waals surface area contributed by atoms with Crippen LogP contribution in [-0.2, 0) is 4.74 Å². The third-order valence-corrected chi connectivity index (χ3v) is 8.07. The van der Waals surface area contributed by atoms with Gasteiger partial charge in [-0.2, -0.15) is 0 Å². The second-order valence-corrected chi connectivity index (χ2v) is 11.5. The summed E-state index contributed by atoms with van der Waals surface area (Å²) in [5.74, 6) is -0.185. The van der Waals surface area contributed by atoms with E-state index >= 15 is 4.39 Å². The number of pyridine rings is 1. The second-order valence-electron chi connectivity index (χ2n) is 10.6. The Labute approximate surface area is 278 Å². The lowest BCUT2D eigenvalue weighted by molar-refractivity contribution is 0.0357. The molecule has 0 bridgehead atoms. The standard InChI is InChI=1S/C34H31BrFN5O6/c1-44-30-20-25-27(21-31(30)46-16-2-12-40-14-17-45-18-15-40)37-10-9-28(25)47-29-8-5-23(19-26(29)36)39-33(42)32-34(43)41(13-11-38-32)24-6-3-22(35)4-7-24/h3-11,13,19-21H,2,12,14-18H2,1H3,(H,39,42). The van der Waals surface area contributed by atoms with Crippen molar-refractivity contribution in [1.29, 1.82) is 0 Å². The van der Waals surface area contributed by atoms with Gasteiger partial charge in [0.05, 0.1) is 32.4 Å². The number of nitrogens with zero attached hydrogens (tertiary/aromatic N) is 4. The molecule has 2 aromatic heterocycles. The van der Waals surface area contributed by atoms with Crippen molar-refractivity contribution >= 4 is 38.4 Å². The number of anilines is 1. The van der Waals surface area contributed by atoms with Crippen molar-refractivity contribution in [2.75, 3.05) is 51.9 Å². The molecule has 5 aromatic rings. The molecule has 1 aliphatic heterocycles. The number of rotatable bonds is 11. The maximum absolute atomic E-state index is 15.3. The van der Waals surface area contributed by atoms with Gasteiger partial charge in [0.2, 0.25) is 0 Å². The molecule has 242 valence electrons. The molecule has 11 nitrogen and oxygen atoms in total. The van der Waals surface area contributed by atoms with Crippen molar-refractivity contribution in [3.05, 3.63) is 106 Å². The molecule has 13 heteroatoms. The van der Waals surface area contributed by atoms with Gasteiger partial charge in [0.15, 0.2) is 28.8 Å². The van der Waals surface area contributed by atoms with Crippen molar-refractivity contribution in [3.8, 4) is 28.7 Å². The zero-order valence-corrected chi connectivity index (χ0v) is 27.0. The van der Waals surface area contributed by atoms with E-state index in [0.29, 0.717) is 40.4 Å². The van der Waals surface area contributed by atoms with Gasteiger partial charge in [-0.15, -0.1) is 0 Å². The lowest BCUT2D eigenvalue weighted by Gasteiger charge is -2.26. The van der Waals surface area contributed by atoms with Crippen molar-refractivity contribution in [3.63, 3.8) is 0 Å². The van der Waals surface area contributed by atoms with E-state index in [9.17, 15) is 9.59 Å². The van der Waals surface area contributed by atoms with Gasteiger partial charge in [-0.05, 0) is 55.0 Å². The molecule has 1 N–H and O–H groups in total. The van der Waals surface area contributed by atoms with Gasteiger partial charge in [-0.3, -0.25) is 24.0 Å². The van der Waals surface area contributed by atoms with E-state index in [-0.39, 0.29) is 17.1 Å². The highest BCUT2D eigenvalue weighted by atomic mass is 79.9. The molecule has 0 atom stereocenters. The summed E-state index contributed by atoms with van der Waals surface area (Å²) in [6.45, 7) is 4.77. The van der Waals surface area contributed by atoms with E-state index in [0.717, 1.165) is 49.8 Å². The number of methoxy groups -OCH3 is 1. The number of amides is 1. The zero-order valence-electron chi connectivity index (χ0n) is 25.4. The topological polar surface area (TPSA) is 117 Å². The summed E-state index contributed by atoms with van der Waals surface area (Å²) in [4.78, 5) is 36.7. The van der Waals surface area contributed by atoms with Gasteiger partial charge in [-0.25, -0.2) is 9.37 Å². The Morgan fingerprint density at radius 3 is 2.55 bits per heavy atom. The average Bonchev–Trinajstić information content (AvgIpc) is 3.08. The molecule has 0 saturated carbocycles. The molecule has 1 aliphatic rings. The fourth-order valence-electron chi connectivity index (χ4n) is 5.13. The number of carbonyl (C=O) groups excluding carboxylic acids is 1. The predicted octanol–water partition coefficient (Wildman–Crippen LogP) is 5.84. The van der Waals surface area contributed by atoms with E-state index in [2.05, 4.69) is 36.1 Å². The van der Waals surface area contributed by atoms with Crippen LogP contribution < -0.4 is 25.1 Å². The number of aromatic nitrogens is 3. The zero-order chi connectivity index (χ0) is 32.8. The molecule has 47 heavy (non-hydrogen) atoms. The summed E-state index contributed by atoms with van der Waals surface area (Å²) in [6, 6.07) is 16.1. The van der Waals surface area contributed by atoms with Crippen molar-refractivity contribution in [2.45, 2.75) is 6.42 Å². The summed E-state index contributed by atoms with van der Waals surface area (Å²) in [5, 5.41) is 3.14. The van der Waals surface area contributed by atoms with Gasteiger partial charge >= 0.3 is 0 Å². The largest absolute Gasteiger partial charge is 0.493 e. The fourth-order valence-corrected chi connectivity index (χ4v) is 5.39. The normalized spacial score (nSPS) is 13.3. The van der Waals surface area contributed by atoms with Crippen LogP contribution in [0, 0.1) is 5.82 Å². The third-order valence-electron chi connectivity index (χ3n) is 7.54. The first-order valence-corrected chi connectivity index (χ1v) is 15.7. The van der Waals surface area contributed by atoms with Crippen LogP contribution in [0.1, 0.15) is 16.9 Å². The number of benzene rings is 3. The Hall–Kier alpha value is -4.85. The molecule has 6 rings (SSSR count). The number of nitrogens with one attached hydrogen (secondary N) is 1. The minimum absolute atomic E-state index is 0.0756. The van der Waals surface area contributed by atoms with Crippen molar-refractivity contribution in [2.24, 2.45) is 0 Å². The molecule has 0 unspecified atom stereocenters. The summed E-state index contributed by atoms with van der Waals surface area (Å²) in [6.07, 6.45) is 5.23. The highest BCUT2D eigenvalue weighted by molar-refractivity contribution is 9.10. The van der Waals surface area contributed by atoms with E-state index in [1.165, 1.54) is 29.1 Å².